The molecule has 4 rings (SSSR count). The molecule has 0 aliphatic carbocycles. The largest absolute Gasteiger partial charge is 0.497 e. The zero-order valence-electron chi connectivity index (χ0n) is 19.7. The molecule has 34 heavy (non-hydrogen) atoms. The van der Waals surface area contributed by atoms with Crippen LogP contribution < -0.4 is 14.4 Å². The van der Waals surface area contributed by atoms with Crippen LogP contribution in [0.3, 0.4) is 0 Å². The predicted octanol–water partition coefficient (Wildman–Crippen LogP) is 4.81. The molecular formula is C25H27FN6O2. The molecule has 0 spiro atoms. The monoisotopic (exact) mass is 462 g/mol. The van der Waals surface area contributed by atoms with Crippen LogP contribution in [-0.4, -0.2) is 53.8 Å². The Labute approximate surface area is 197 Å². The van der Waals surface area contributed by atoms with Crippen LogP contribution in [0.4, 0.5) is 15.9 Å². The molecule has 9 heteroatoms. The molecule has 0 saturated carbocycles. The van der Waals surface area contributed by atoms with Gasteiger partial charge < -0.3 is 19.4 Å². The van der Waals surface area contributed by atoms with Gasteiger partial charge in [0.1, 0.15) is 11.6 Å². The molecular weight excluding hydrogens is 435 g/mol. The minimum absolute atomic E-state index is 0.107. The number of fused-ring (bicyclic) bond motifs is 1. The van der Waals surface area contributed by atoms with E-state index < -0.39 is 5.82 Å². The standard InChI is InChI=1S/C25H27FN6O2/c1-27-9-5-6-10-32(22-12-19(33-3)13-23(34-4)25(22)26)24-8-7-20-21(30-24)11-17(14-28-20)18-15-29-31(2)16-18/h7-9,11-16H,5-6,10H2,1-4H3/b27-9+. The van der Waals surface area contributed by atoms with Crippen LogP contribution in [0.5, 0.6) is 11.5 Å². The highest BCUT2D eigenvalue weighted by Crippen LogP contribution is 2.37. The fraction of sp³-hybridized carbons (Fsp3) is 0.280. The Morgan fingerprint density at radius 2 is 1.94 bits per heavy atom. The van der Waals surface area contributed by atoms with Gasteiger partial charge in [0.05, 0.1) is 37.1 Å². The average Bonchev–Trinajstić information content (AvgIpc) is 3.30. The fourth-order valence-corrected chi connectivity index (χ4v) is 3.72. The summed E-state index contributed by atoms with van der Waals surface area (Å²) in [4.78, 5) is 15.3. The first-order chi connectivity index (χ1) is 16.5. The van der Waals surface area contributed by atoms with Gasteiger partial charge in [-0.15, -0.1) is 0 Å². The number of benzene rings is 1. The maximum absolute atomic E-state index is 15.4. The molecule has 0 unspecified atom stereocenters. The molecule has 0 fully saturated rings. The van der Waals surface area contributed by atoms with E-state index in [1.807, 2.05) is 42.6 Å². The topological polar surface area (TPSA) is 77.7 Å². The van der Waals surface area contributed by atoms with Crippen molar-refractivity contribution in [3.05, 3.63) is 54.7 Å². The van der Waals surface area contributed by atoms with Crippen LogP contribution in [0.15, 0.2) is 53.9 Å². The molecule has 0 bridgehead atoms. The molecule has 0 N–H and O–H groups in total. The van der Waals surface area contributed by atoms with Crippen molar-refractivity contribution in [2.75, 3.05) is 32.7 Å². The number of nitrogens with zero attached hydrogens (tertiary/aromatic N) is 6. The van der Waals surface area contributed by atoms with Gasteiger partial charge in [-0.25, -0.2) is 9.37 Å². The zero-order valence-corrected chi connectivity index (χ0v) is 19.7. The van der Waals surface area contributed by atoms with Crippen molar-refractivity contribution in [1.29, 1.82) is 0 Å². The Morgan fingerprint density at radius 1 is 1.09 bits per heavy atom. The lowest BCUT2D eigenvalue weighted by Gasteiger charge is -2.25. The first-order valence-electron chi connectivity index (χ1n) is 10.9. The third-order valence-electron chi connectivity index (χ3n) is 5.47. The third kappa shape index (κ3) is 4.83. The normalized spacial score (nSPS) is 11.3. The van der Waals surface area contributed by atoms with E-state index >= 15 is 4.39 Å². The smallest absolute Gasteiger partial charge is 0.188 e. The van der Waals surface area contributed by atoms with Gasteiger partial charge in [0, 0.05) is 56.3 Å². The Kier molecular flexibility index (Phi) is 7.01. The number of aryl methyl sites for hydroxylation is 1. The van der Waals surface area contributed by atoms with E-state index in [0.717, 1.165) is 29.5 Å². The van der Waals surface area contributed by atoms with E-state index in [-0.39, 0.29) is 5.75 Å². The zero-order chi connectivity index (χ0) is 24.1. The van der Waals surface area contributed by atoms with Crippen molar-refractivity contribution < 1.29 is 13.9 Å². The number of halogens is 1. The summed E-state index contributed by atoms with van der Waals surface area (Å²) in [7, 11) is 6.58. The first kappa shape index (κ1) is 23.2. The van der Waals surface area contributed by atoms with Gasteiger partial charge in [0.25, 0.3) is 0 Å². The van der Waals surface area contributed by atoms with E-state index in [4.69, 9.17) is 14.5 Å². The van der Waals surface area contributed by atoms with Gasteiger partial charge in [-0.2, -0.15) is 5.10 Å². The number of hydrogen-bond donors (Lipinski definition) is 0. The van der Waals surface area contributed by atoms with E-state index in [0.29, 0.717) is 29.3 Å². The summed E-state index contributed by atoms with van der Waals surface area (Å²) < 4.78 is 27.8. The summed E-state index contributed by atoms with van der Waals surface area (Å²) in [6.07, 6.45) is 8.87. The number of hydrogen-bond acceptors (Lipinski definition) is 7. The quantitative estimate of drug-likeness (QED) is 0.263. The Bertz CT molecular complexity index is 1320. The molecule has 176 valence electrons. The summed E-state index contributed by atoms with van der Waals surface area (Å²) in [6.45, 7) is 0.521. The van der Waals surface area contributed by atoms with Crippen LogP contribution in [0.25, 0.3) is 22.2 Å². The summed E-state index contributed by atoms with van der Waals surface area (Å²) >= 11 is 0. The third-order valence-corrected chi connectivity index (χ3v) is 5.47. The minimum Gasteiger partial charge on any atom is -0.497 e. The van der Waals surface area contributed by atoms with E-state index in [1.165, 1.54) is 13.2 Å². The number of anilines is 2. The Hall–Kier alpha value is -4.01. The van der Waals surface area contributed by atoms with E-state index in [2.05, 4.69) is 15.1 Å². The van der Waals surface area contributed by atoms with Crippen molar-refractivity contribution in [1.82, 2.24) is 19.7 Å². The van der Waals surface area contributed by atoms with Crippen LogP contribution >= 0.6 is 0 Å². The number of rotatable bonds is 9. The average molecular weight is 463 g/mol. The highest BCUT2D eigenvalue weighted by atomic mass is 19.1. The van der Waals surface area contributed by atoms with Crippen LogP contribution in [0.2, 0.25) is 0 Å². The molecule has 0 saturated heterocycles. The molecule has 8 nitrogen and oxygen atoms in total. The van der Waals surface area contributed by atoms with Gasteiger partial charge in [-0.1, -0.05) is 0 Å². The second-order valence-electron chi connectivity index (χ2n) is 7.73. The number of aromatic nitrogens is 4. The SMILES string of the molecule is C/N=C/CCCN(c1ccc2ncc(-c3cnn(C)c3)cc2n1)c1cc(OC)cc(OC)c1F. The van der Waals surface area contributed by atoms with Gasteiger partial charge >= 0.3 is 0 Å². The van der Waals surface area contributed by atoms with Gasteiger partial charge in [0.2, 0.25) is 0 Å². The molecule has 4 aromatic rings. The second-order valence-corrected chi connectivity index (χ2v) is 7.73. The second kappa shape index (κ2) is 10.3. The fourth-order valence-electron chi connectivity index (χ4n) is 3.72. The highest BCUT2D eigenvalue weighted by Gasteiger charge is 2.20. The maximum atomic E-state index is 15.4. The predicted molar refractivity (Wildman–Crippen MR) is 132 cm³/mol. The molecule has 3 aromatic heterocycles. The summed E-state index contributed by atoms with van der Waals surface area (Å²) in [5, 5.41) is 4.23. The molecule has 3 heterocycles. The van der Waals surface area contributed by atoms with Crippen molar-refractivity contribution in [2.45, 2.75) is 12.8 Å². The number of methoxy groups -OCH3 is 2. The number of aliphatic imine (C=N–C) groups is 1. The lowest BCUT2D eigenvalue weighted by molar-refractivity contribution is 0.374. The lowest BCUT2D eigenvalue weighted by Crippen LogP contribution is -2.21. The van der Waals surface area contributed by atoms with Crippen LogP contribution in [0.1, 0.15) is 12.8 Å². The summed E-state index contributed by atoms with van der Waals surface area (Å²) in [6, 6.07) is 8.88. The van der Waals surface area contributed by atoms with Gasteiger partial charge in [-0.3, -0.25) is 9.67 Å². The van der Waals surface area contributed by atoms with Gasteiger partial charge in [-0.05, 0) is 37.3 Å². The summed E-state index contributed by atoms with van der Waals surface area (Å²) in [5.74, 6) is 0.724. The Morgan fingerprint density at radius 3 is 2.65 bits per heavy atom. The molecule has 0 aliphatic rings. The molecule has 1 aromatic carbocycles. The van der Waals surface area contributed by atoms with Crippen molar-refractivity contribution >= 4 is 28.8 Å². The number of unbranched alkanes of at least 4 members (excludes halogenated alkanes) is 1. The van der Waals surface area contributed by atoms with Crippen molar-refractivity contribution in [3.8, 4) is 22.6 Å². The van der Waals surface area contributed by atoms with E-state index in [1.54, 1.807) is 37.3 Å². The van der Waals surface area contributed by atoms with Gasteiger partial charge in [0.15, 0.2) is 11.6 Å². The molecule has 0 radical (unpaired) electrons. The summed E-state index contributed by atoms with van der Waals surface area (Å²) in [5.41, 5.74) is 3.63. The number of pyridine rings is 2. The first-order valence-corrected chi connectivity index (χ1v) is 10.9. The van der Waals surface area contributed by atoms with Crippen LogP contribution in [0, 0.1) is 5.82 Å². The van der Waals surface area contributed by atoms with E-state index in [9.17, 15) is 0 Å². The van der Waals surface area contributed by atoms with Crippen LogP contribution in [-0.2, 0) is 7.05 Å². The molecule has 0 amide bonds. The maximum Gasteiger partial charge on any atom is 0.188 e. The van der Waals surface area contributed by atoms with Crippen molar-refractivity contribution in [2.24, 2.45) is 12.0 Å². The Balaban J connectivity index is 1.80. The molecule has 0 atom stereocenters. The lowest BCUT2D eigenvalue weighted by atomic mass is 10.1. The highest BCUT2D eigenvalue weighted by molar-refractivity contribution is 5.82. The number of ether oxygens (including phenoxy) is 2. The molecule has 0 aliphatic heterocycles. The van der Waals surface area contributed by atoms with Crippen molar-refractivity contribution in [3.63, 3.8) is 0 Å². The minimum atomic E-state index is -0.475.